The Bertz CT molecular complexity index is 267. The second-order valence-electron chi connectivity index (χ2n) is 3.96. The van der Waals surface area contributed by atoms with Gasteiger partial charge in [-0.3, -0.25) is 0 Å². The van der Waals surface area contributed by atoms with Crippen LogP contribution in [0, 0.1) is 0 Å². The van der Waals surface area contributed by atoms with Crippen LogP contribution in [-0.4, -0.2) is 18.4 Å². The van der Waals surface area contributed by atoms with E-state index in [1.54, 1.807) is 3.58 Å². The Balaban J connectivity index is 3.05. The Hall–Kier alpha value is -0.181. The number of anilines is 1. The van der Waals surface area contributed by atoms with Crippen molar-refractivity contribution in [1.82, 2.24) is 0 Å². The average Bonchev–Trinajstić information content (AvgIpc) is 2.24. The fourth-order valence-corrected chi connectivity index (χ4v) is 12.5. The van der Waals surface area contributed by atoms with Crippen molar-refractivity contribution in [2.75, 3.05) is 5.73 Å². The molecule has 0 amide bonds. The molecule has 0 aliphatic rings. The summed E-state index contributed by atoms with van der Waals surface area (Å²) in [6, 6.07) is 8.65. The van der Waals surface area contributed by atoms with E-state index in [4.69, 9.17) is 5.73 Å². The number of hydrogen-bond acceptors (Lipinski definition) is 1. The predicted molar refractivity (Wildman–Crippen MR) is 67.7 cm³/mol. The Morgan fingerprint density at radius 3 is 1.71 bits per heavy atom. The van der Waals surface area contributed by atoms with Crippen LogP contribution >= 0.6 is 0 Å². The zero-order chi connectivity index (χ0) is 10.6. The summed E-state index contributed by atoms with van der Waals surface area (Å²) in [4.78, 5) is 0. The van der Waals surface area contributed by atoms with Crippen LogP contribution in [0.15, 0.2) is 24.3 Å². The molecule has 1 rings (SSSR count). The molecule has 2 N–H and O–H groups in total. The second-order valence-corrected chi connectivity index (χ2v) is 19.0. The molecule has 0 aliphatic heterocycles. The molecule has 78 valence electrons. The van der Waals surface area contributed by atoms with Crippen LogP contribution in [0.3, 0.4) is 0 Å². The summed E-state index contributed by atoms with van der Waals surface area (Å²) in [5.74, 6) is 0. The van der Waals surface area contributed by atoms with Gasteiger partial charge in [-0.25, -0.2) is 0 Å². The van der Waals surface area contributed by atoms with E-state index in [1.165, 1.54) is 13.3 Å². The molecule has 0 aromatic heterocycles. The molecule has 14 heavy (non-hydrogen) atoms. The Labute approximate surface area is 91.6 Å². The number of nitrogens with two attached hydrogens (primary N) is 1. The predicted octanol–water partition coefficient (Wildman–Crippen LogP) is 2.98. The molecule has 0 spiro atoms. The number of hydrogen-bond donors (Lipinski definition) is 1. The molecule has 2 heteroatoms. The first-order chi connectivity index (χ1) is 6.68. The first-order valence-electron chi connectivity index (χ1n) is 5.54. The van der Waals surface area contributed by atoms with Crippen LogP contribution in [0.25, 0.3) is 0 Å². The maximum atomic E-state index is 5.72. The van der Waals surface area contributed by atoms with Crippen LogP contribution in [0.4, 0.5) is 5.69 Å². The summed E-state index contributed by atoms with van der Waals surface area (Å²) >= 11 is -1.95. The van der Waals surface area contributed by atoms with E-state index in [1.807, 2.05) is 0 Å². The van der Waals surface area contributed by atoms with Crippen molar-refractivity contribution in [3.8, 4) is 0 Å². The van der Waals surface area contributed by atoms with Gasteiger partial charge in [-0.15, -0.1) is 0 Å². The molecule has 0 saturated heterocycles. The zero-order valence-electron chi connectivity index (χ0n) is 9.51. The quantitative estimate of drug-likeness (QED) is 0.671. The monoisotopic (exact) mass is 299 g/mol. The third-order valence-electron chi connectivity index (χ3n) is 3.55. The van der Waals surface area contributed by atoms with Crippen molar-refractivity contribution in [1.29, 1.82) is 0 Å². The number of benzene rings is 1. The molecular formula is C12H21NSn. The molecule has 0 heterocycles. The summed E-state index contributed by atoms with van der Waals surface area (Å²) in [6.45, 7) is 7.08. The van der Waals surface area contributed by atoms with Gasteiger partial charge in [0.05, 0.1) is 0 Å². The van der Waals surface area contributed by atoms with Crippen LogP contribution in [0.1, 0.15) is 20.8 Å². The van der Waals surface area contributed by atoms with Crippen molar-refractivity contribution in [3.63, 3.8) is 0 Å². The minimum absolute atomic E-state index is 0.886. The molecular weight excluding hydrogens is 277 g/mol. The average molecular weight is 298 g/mol. The van der Waals surface area contributed by atoms with Gasteiger partial charge in [0.15, 0.2) is 0 Å². The maximum absolute atomic E-state index is 5.72. The topological polar surface area (TPSA) is 26.0 Å². The zero-order valence-corrected chi connectivity index (χ0v) is 12.4. The molecule has 1 aromatic rings. The van der Waals surface area contributed by atoms with Gasteiger partial charge >= 0.3 is 91.7 Å². The number of rotatable bonds is 4. The summed E-state index contributed by atoms with van der Waals surface area (Å²) in [7, 11) is 0. The van der Waals surface area contributed by atoms with Crippen molar-refractivity contribution in [2.24, 2.45) is 0 Å². The summed E-state index contributed by atoms with van der Waals surface area (Å²) in [5, 5.41) is 0. The Morgan fingerprint density at radius 2 is 1.36 bits per heavy atom. The van der Waals surface area contributed by atoms with Crippen molar-refractivity contribution in [2.45, 2.75) is 34.1 Å². The van der Waals surface area contributed by atoms with Crippen molar-refractivity contribution >= 4 is 27.6 Å². The van der Waals surface area contributed by atoms with Gasteiger partial charge in [0.2, 0.25) is 0 Å². The van der Waals surface area contributed by atoms with Gasteiger partial charge in [0, 0.05) is 0 Å². The van der Waals surface area contributed by atoms with Crippen molar-refractivity contribution < 1.29 is 0 Å². The number of nitrogen functional groups attached to an aromatic ring is 1. The normalized spacial score (nSPS) is 11.6. The van der Waals surface area contributed by atoms with Crippen LogP contribution < -0.4 is 9.31 Å². The van der Waals surface area contributed by atoms with Crippen LogP contribution in [0.2, 0.25) is 13.3 Å². The van der Waals surface area contributed by atoms with E-state index >= 15 is 0 Å². The minimum atomic E-state index is -1.95. The Morgan fingerprint density at radius 1 is 0.929 bits per heavy atom. The van der Waals surface area contributed by atoms with Gasteiger partial charge in [0.25, 0.3) is 0 Å². The molecule has 0 atom stereocenters. The van der Waals surface area contributed by atoms with Gasteiger partial charge in [-0.2, -0.15) is 0 Å². The molecule has 1 aromatic carbocycles. The fraction of sp³-hybridized carbons (Fsp3) is 0.500. The first-order valence-corrected chi connectivity index (χ1v) is 13.0. The van der Waals surface area contributed by atoms with Crippen LogP contribution in [0.5, 0.6) is 0 Å². The first kappa shape index (κ1) is 11.9. The SMILES string of the molecule is C[CH2][Sn]([CH2]C)([CH2]C)[c]1ccc(N)cc1. The third-order valence-corrected chi connectivity index (χ3v) is 19.6. The van der Waals surface area contributed by atoms with Gasteiger partial charge in [-0.05, 0) is 0 Å². The van der Waals surface area contributed by atoms with Gasteiger partial charge in [0.1, 0.15) is 0 Å². The standard InChI is InChI=1S/C6H6N.3C2H5.Sn/c7-6-4-2-1-3-5-6;3*1-2;/h2-5H,7H2;3*1H2,2H3;. The summed E-state index contributed by atoms with van der Waals surface area (Å²) < 4.78 is 5.86. The molecule has 0 bridgehead atoms. The fourth-order valence-electron chi connectivity index (χ4n) is 2.20. The molecule has 1 nitrogen and oxygen atoms in total. The summed E-state index contributed by atoms with van der Waals surface area (Å²) in [6.07, 6.45) is 0. The van der Waals surface area contributed by atoms with E-state index in [9.17, 15) is 0 Å². The van der Waals surface area contributed by atoms with Crippen molar-refractivity contribution in [3.05, 3.63) is 24.3 Å². The summed E-state index contributed by atoms with van der Waals surface area (Å²) in [5.41, 5.74) is 6.60. The van der Waals surface area contributed by atoms with E-state index in [0.29, 0.717) is 0 Å². The molecule has 0 radical (unpaired) electrons. The molecule has 0 unspecified atom stereocenters. The molecule has 0 aliphatic carbocycles. The van der Waals surface area contributed by atoms with Gasteiger partial charge in [-0.1, -0.05) is 0 Å². The van der Waals surface area contributed by atoms with Gasteiger partial charge < -0.3 is 0 Å². The van der Waals surface area contributed by atoms with E-state index in [-0.39, 0.29) is 0 Å². The van der Waals surface area contributed by atoms with E-state index in [0.717, 1.165) is 5.69 Å². The van der Waals surface area contributed by atoms with E-state index in [2.05, 4.69) is 45.0 Å². The Kier molecular flexibility index (Phi) is 4.29. The molecule has 0 saturated carbocycles. The van der Waals surface area contributed by atoms with E-state index < -0.39 is 18.4 Å². The molecule has 0 fully saturated rings. The second kappa shape index (κ2) is 5.06. The third kappa shape index (κ3) is 2.25. The van der Waals surface area contributed by atoms with Crippen LogP contribution in [-0.2, 0) is 0 Å².